The molecule has 0 spiro atoms. The maximum Gasteiger partial charge on any atom is 0.122 e. The standard InChI is InChI=1S/C13H14BrClN2O/c1-8-16-11(13(14)17(8)2)7-9-6-10(15)4-5-12(9)18-3/h4-6H,7H2,1-3H3. The summed E-state index contributed by atoms with van der Waals surface area (Å²) in [7, 11) is 3.64. The number of halogens is 2. The molecule has 1 heterocycles. The molecule has 0 N–H and O–H groups in total. The van der Waals surface area contributed by atoms with Gasteiger partial charge in [-0.2, -0.15) is 0 Å². The van der Waals surface area contributed by atoms with Crippen LogP contribution in [-0.4, -0.2) is 16.7 Å². The Labute approximate surface area is 120 Å². The van der Waals surface area contributed by atoms with Gasteiger partial charge in [-0.1, -0.05) is 11.6 Å². The molecular formula is C13H14BrClN2O. The molecule has 0 saturated carbocycles. The van der Waals surface area contributed by atoms with Gasteiger partial charge in [-0.3, -0.25) is 0 Å². The fraction of sp³-hybridized carbons (Fsp3) is 0.308. The van der Waals surface area contributed by atoms with Gasteiger partial charge in [-0.15, -0.1) is 0 Å². The van der Waals surface area contributed by atoms with E-state index in [1.54, 1.807) is 7.11 Å². The van der Waals surface area contributed by atoms with Gasteiger partial charge in [0.15, 0.2) is 0 Å². The number of ether oxygens (including phenoxy) is 1. The van der Waals surface area contributed by atoms with Crippen LogP contribution in [0.4, 0.5) is 0 Å². The van der Waals surface area contributed by atoms with Gasteiger partial charge in [-0.25, -0.2) is 4.98 Å². The summed E-state index contributed by atoms with van der Waals surface area (Å²) < 4.78 is 8.34. The van der Waals surface area contributed by atoms with Crippen molar-refractivity contribution in [2.45, 2.75) is 13.3 Å². The predicted octanol–water partition coefficient (Wildman–Crippen LogP) is 3.74. The van der Waals surface area contributed by atoms with Gasteiger partial charge in [0.2, 0.25) is 0 Å². The molecule has 96 valence electrons. The largest absolute Gasteiger partial charge is 0.496 e. The fourth-order valence-electron chi connectivity index (χ4n) is 1.83. The first-order valence-electron chi connectivity index (χ1n) is 5.53. The maximum absolute atomic E-state index is 6.02. The van der Waals surface area contributed by atoms with Crippen LogP contribution in [0.25, 0.3) is 0 Å². The number of benzene rings is 1. The Morgan fingerprint density at radius 2 is 2.17 bits per heavy atom. The van der Waals surface area contributed by atoms with Crippen molar-refractivity contribution in [2.75, 3.05) is 7.11 Å². The molecule has 2 rings (SSSR count). The van der Waals surface area contributed by atoms with Crippen molar-refractivity contribution in [3.8, 4) is 5.75 Å². The monoisotopic (exact) mass is 328 g/mol. The van der Waals surface area contributed by atoms with Crippen LogP contribution in [-0.2, 0) is 13.5 Å². The minimum atomic E-state index is 0.687. The summed E-state index contributed by atoms with van der Waals surface area (Å²) in [4.78, 5) is 4.53. The van der Waals surface area contributed by atoms with E-state index < -0.39 is 0 Å². The number of hydrogen-bond acceptors (Lipinski definition) is 2. The highest BCUT2D eigenvalue weighted by molar-refractivity contribution is 9.10. The van der Waals surface area contributed by atoms with Crippen LogP contribution in [0.5, 0.6) is 5.75 Å². The molecule has 0 unspecified atom stereocenters. The molecule has 1 aromatic heterocycles. The third-order valence-corrected chi connectivity index (χ3v) is 4.14. The molecule has 0 aliphatic carbocycles. The van der Waals surface area contributed by atoms with Crippen LogP contribution in [0.3, 0.4) is 0 Å². The van der Waals surface area contributed by atoms with Gasteiger partial charge >= 0.3 is 0 Å². The lowest BCUT2D eigenvalue weighted by Crippen LogP contribution is -1.95. The van der Waals surface area contributed by atoms with Gasteiger partial charge in [0.05, 0.1) is 12.8 Å². The lowest BCUT2D eigenvalue weighted by atomic mass is 10.1. The molecule has 0 amide bonds. The van der Waals surface area contributed by atoms with Crippen LogP contribution in [0.2, 0.25) is 5.02 Å². The maximum atomic E-state index is 6.02. The number of rotatable bonds is 3. The Morgan fingerprint density at radius 1 is 1.44 bits per heavy atom. The first-order valence-corrected chi connectivity index (χ1v) is 6.70. The molecule has 0 fully saturated rings. The van der Waals surface area contributed by atoms with Crippen molar-refractivity contribution in [3.05, 3.63) is 44.9 Å². The second kappa shape index (κ2) is 5.33. The summed E-state index contributed by atoms with van der Waals surface area (Å²) in [5.41, 5.74) is 2.01. The number of aromatic nitrogens is 2. The molecule has 0 bridgehead atoms. The average Bonchev–Trinajstić information content (AvgIpc) is 2.57. The Morgan fingerprint density at radius 3 is 2.72 bits per heavy atom. The second-order valence-electron chi connectivity index (χ2n) is 4.09. The summed E-state index contributed by atoms with van der Waals surface area (Å²) >= 11 is 9.57. The topological polar surface area (TPSA) is 27.1 Å². The highest BCUT2D eigenvalue weighted by Gasteiger charge is 2.13. The third-order valence-electron chi connectivity index (χ3n) is 2.92. The zero-order valence-electron chi connectivity index (χ0n) is 10.5. The van der Waals surface area contributed by atoms with Gasteiger partial charge in [0.25, 0.3) is 0 Å². The molecule has 5 heteroatoms. The Hall–Kier alpha value is -1.00. The van der Waals surface area contributed by atoms with E-state index in [1.807, 2.05) is 36.7 Å². The molecule has 2 aromatic rings. The van der Waals surface area contributed by atoms with Crippen molar-refractivity contribution in [1.29, 1.82) is 0 Å². The summed E-state index contributed by atoms with van der Waals surface area (Å²) in [6.45, 7) is 1.98. The minimum Gasteiger partial charge on any atom is -0.496 e. The molecule has 0 saturated heterocycles. The Balaban J connectivity index is 2.39. The summed E-state index contributed by atoms with van der Waals surface area (Å²) in [6, 6.07) is 5.61. The minimum absolute atomic E-state index is 0.687. The smallest absolute Gasteiger partial charge is 0.122 e. The van der Waals surface area contributed by atoms with Crippen LogP contribution in [0.15, 0.2) is 22.8 Å². The SMILES string of the molecule is COc1ccc(Cl)cc1Cc1nc(C)n(C)c1Br. The summed E-state index contributed by atoms with van der Waals surface area (Å²) in [5, 5.41) is 0.703. The quantitative estimate of drug-likeness (QED) is 0.857. The van der Waals surface area contributed by atoms with E-state index in [1.165, 1.54) is 0 Å². The molecule has 0 radical (unpaired) electrons. The fourth-order valence-corrected chi connectivity index (χ4v) is 2.51. The Bertz CT molecular complexity index is 581. The van der Waals surface area contributed by atoms with Crippen LogP contribution in [0.1, 0.15) is 17.1 Å². The first-order chi connectivity index (χ1) is 8.52. The van der Waals surface area contributed by atoms with E-state index in [9.17, 15) is 0 Å². The molecule has 0 aliphatic heterocycles. The molecule has 3 nitrogen and oxygen atoms in total. The molecule has 0 atom stereocenters. The van der Waals surface area contributed by atoms with E-state index in [0.29, 0.717) is 11.4 Å². The molecule has 0 aliphatic rings. The van der Waals surface area contributed by atoms with Gasteiger partial charge in [0.1, 0.15) is 16.2 Å². The summed E-state index contributed by atoms with van der Waals surface area (Å²) in [5.74, 6) is 1.80. The van der Waals surface area contributed by atoms with E-state index in [-0.39, 0.29) is 0 Å². The summed E-state index contributed by atoms with van der Waals surface area (Å²) in [6.07, 6.45) is 0.687. The normalized spacial score (nSPS) is 10.7. The molecule has 18 heavy (non-hydrogen) atoms. The highest BCUT2D eigenvalue weighted by Crippen LogP contribution is 2.27. The van der Waals surface area contributed by atoms with Gasteiger partial charge < -0.3 is 9.30 Å². The van der Waals surface area contributed by atoms with Crippen molar-refractivity contribution in [1.82, 2.24) is 9.55 Å². The van der Waals surface area contributed by atoms with Crippen molar-refractivity contribution < 1.29 is 4.74 Å². The predicted molar refractivity (Wildman–Crippen MR) is 76.5 cm³/mol. The van der Waals surface area contributed by atoms with E-state index in [0.717, 1.165) is 27.4 Å². The number of methoxy groups -OCH3 is 1. The van der Waals surface area contributed by atoms with E-state index in [2.05, 4.69) is 20.9 Å². The second-order valence-corrected chi connectivity index (χ2v) is 5.28. The van der Waals surface area contributed by atoms with Crippen molar-refractivity contribution >= 4 is 27.5 Å². The van der Waals surface area contributed by atoms with Crippen LogP contribution in [0, 0.1) is 6.92 Å². The van der Waals surface area contributed by atoms with E-state index >= 15 is 0 Å². The molecular weight excluding hydrogens is 316 g/mol. The Kier molecular flexibility index (Phi) is 3.97. The first kappa shape index (κ1) is 13.4. The van der Waals surface area contributed by atoms with E-state index in [4.69, 9.17) is 16.3 Å². The van der Waals surface area contributed by atoms with Gasteiger partial charge in [-0.05, 0) is 41.1 Å². The number of imidazole rings is 1. The van der Waals surface area contributed by atoms with Crippen molar-refractivity contribution in [2.24, 2.45) is 7.05 Å². The zero-order valence-corrected chi connectivity index (χ0v) is 12.8. The van der Waals surface area contributed by atoms with Crippen LogP contribution < -0.4 is 4.74 Å². The lowest BCUT2D eigenvalue weighted by Gasteiger charge is -2.08. The molecule has 1 aromatic carbocycles. The van der Waals surface area contributed by atoms with Gasteiger partial charge in [0, 0.05) is 24.1 Å². The highest BCUT2D eigenvalue weighted by atomic mass is 79.9. The number of nitrogens with zero attached hydrogens (tertiary/aromatic N) is 2. The third kappa shape index (κ3) is 2.54. The number of aryl methyl sites for hydroxylation is 1. The number of hydrogen-bond donors (Lipinski definition) is 0. The lowest BCUT2D eigenvalue weighted by molar-refractivity contribution is 0.410. The van der Waals surface area contributed by atoms with Crippen LogP contribution >= 0.6 is 27.5 Å². The zero-order chi connectivity index (χ0) is 13.3. The van der Waals surface area contributed by atoms with Crippen molar-refractivity contribution in [3.63, 3.8) is 0 Å². The average molecular weight is 330 g/mol.